The van der Waals surface area contributed by atoms with Crippen LogP contribution in [-0.2, 0) is 19.3 Å². The molecular formula is C18H36O4. The van der Waals surface area contributed by atoms with E-state index in [1.54, 1.807) is 0 Å². The van der Waals surface area contributed by atoms with Crippen LogP contribution >= 0.6 is 0 Å². The molecule has 0 N–H and O–H groups in total. The third-order valence-corrected chi connectivity index (χ3v) is 3.53. The first-order valence-corrected chi connectivity index (χ1v) is 9.21. The van der Waals surface area contributed by atoms with Crippen molar-refractivity contribution >= 4 is 5.97 Å². The molecule has 132 valence electrons. The van der Waals surface area contributed by atoms with Crippen LogP contribution in [0.2, 0.25) is 0 Å². The number of hydrogen-bond donors (Lipinski definition) is 0. The Morgan fingerprint density at radius 3 is 1.77 bits per heavy atom. The minimum atomic E-state index is -0.0336. The second-order valence-electron chi connectivity index (χ2n) is 5.80. The van der Waals surface area contributed by atoms with E-state index in [2.05, 4.69) is 13.8 Å². The van der Waals surface area contributed by atoms with Gasteiger partial charge in [0.05, 0.1) is 19.8 Å². The van der Waals surface area contributed by atoms with Crippen LogP contribution in [0.4, 0.5) is 0 Å². The predicted octanol–water partition coefficient (Wildman–Crippen LogP) is 5.20. The summed E-state index contributed by atoms with van der Waals surface area (Å²) < 4.78 is 5.12. The second-order valence-corrected chi connectivity index (χ2v) is 5.80. The normalized spacial score (nSPS) is 10.8. The zero-order valence-electron chi connectivity index (χ0n) is 14.7. The van der Waals surface area contributed by atoms with Gasteiger partial charge in [-0.1, -0.05) is 58.8 Å². The maximum atomic E-state index is 11.4. The van der Waals surface area contributed by atoms with Crippen molar-refractivity contribution in [2.75, 3.05) is 19.8 Å². The van der Waals surface area contributed by atoms with E-state index < -0.39 is 0 Å². The Morgan fingerprint density at radius 2 is 1.14 bits per heavy atom. The Hall–Kier alpha value is -0.610. The zero-order chi connectivity index (χ0) is 16.3. The highest BCUT2D eigenvalue weighted by Gasteiger charge is 2.01. The topological polar surface area (TPSA) is 44.8 Å². The average Bonchev–Trinajstić information content (AvgIpc) is 2.52. The van der Waals surface area contributed by atoms with Crippen LogP contribution in [0.3, 0.4) is 0 Å². The lowest BCUT2D eigenvalue weighted by atomic mass is 10.1. The van der Waals surface area contributed by atoms with Crippen LogP contribution < -0.4 is 0 Å². The molecule has 4 heteroatoms. The van der Waals surface area contributed by atoms with Gasteiger partial charge in [-0.3, -0.25) is 4.79 Å². The van der Waals surface area contributed by atoms with Crippen molar-refractivity contribution in [2.24, 2.45) is 0 Å². The Labute approximate surface area is 136 Å². The first-order chi connectivity index (χ1) is 10.8. The quantitative estimate of drug-likeness (QED) is 0.160. The SMILES string of the molecule is CCCCOOCCCCCCCCCC(=O)OCCCC. The highest BCUT2D eigenvalue weighted by atomic mass is 17.2. The summed E-state index contributed by atoms with van der Waals surface area (Å²) in [5.74, 6) is -0.0336. The molecule has 0 amide bonds. The number of unbranched alkanes of at least 4 members (excludes halogenated alkanes) is 8. The van der Waals surface area contributed by atoms with Gasteiger partial charge in [0.25, 0.3) is 0 Å². The molecule has 0 aromatic rings. The van der Waals surface area contributed by atoms with E-state index in [0.29, 0.717) is 26.2 Å². The standard InChI is InChI=1S/C18H36O4/c1-3-5-15-20-18(19)14-12-10-8-7-9-11-13-17-22-21-16-6-4-2/h3-17H2,1-2H3. The molecule has 0 bridgehead atoms. The minimum Gasteiger partial charge on any atom is -0.466 e. The molecule has 22 heavy (non-hydrogen) atoms. The summed E-state index contributed by atoms with van der Waals surface area (Å²) in [5.41, 5.74) is 0. The molecule has 0 saturated heterocycles. The fraction of sp³-hybridized carbons (Fsp3) is 0.944. The van der Waals surface area contributed by atoms with E-state index in [1.807, 2.05) is 0 Å². The number of carbonyl (C=O) groups is 1. The van der Waals surface area contributed by atoms with Gasteiger partial charge in [0.1, 0.15) is 0 Å². The number of hydrogen-bond acceptors (Lipinski definition) is 4. The third-order valence-electron chi connectivity index (χ3n) is 3.53. The molecule has 0 radical (unpaired) electrons. The summed E-state index contributed by atoms with van der Waals surface area (Å²) >= 11 is 0. The van der Waals surface area contributed by atoms with E-state index in [-0.39, 0.29) is 5.97 Å². The van der Waals surface area contributed by atoms with Gasteiger partial charge in [0, 0.05) is 6.42 Å². The fourth-order valence-corrected chi connectivity index (χ4v) is 2.04. The van der Waals surface area contributed by atoms with E-state index in [1.165, 1.54) is 25.7 Å². The molecule has 0 aliphatic heterocycles. The van der Waals surface area contributed by atoms with E-state index in [9.17, 15) is 4.79 Å². The summed E-state index contributed by atoms with van der Waals surface area (Å²) in [4.78, 5) is 21.5. The highest BCUT2D eigenvalue weighted by molar-refractivity contribution is 5.69. The molecular weight excluding hydrogens is 280 g/mol. The summed E-state index contributed by atoms with van der Waals surface area (Å²) in [6.07, 6.45) is 12.8. The van der Waals surface area contributed by atoms with Crippen LogP contribution in [0.1, 0.15) is 90.9 Å². The molecule has 0 aliphatic carbocycles. The molecule has 0 unspecified atom stereocenters. The molecule has 0 aliphatic rings. The summed E-state index contributed by atoms with van der Waals surface area (Å²) in [7, 11) is 0. The first-order valence-electron chi connectivity index (χ1n) is 9.21. The van der Waals surface area contributed by atoms with Crippen molar-refractivity contribution in [1.29, 1.82) is 0 Å². The molecule has 0 aromatic heterocycles. The van der Waals surface area contributed by atoms with Crippen molar-refractivity contribution in [1.82, 2.24) is 0 Å². The van der Waals surface area contributed by atoms with Crippen LogP contribution in [0.15, 0.2) is 0 Å². The van der Waals surface area contributed by atoms with Gasteiger partial charge in [0.15, 0.2) is 0 Å². The van der Waals surface area contributed by atoms with Crippen molar-refractivity contribution in [3.63, 3.8) is 0 Å². The maximum absolute atomic E-state index is 11.4. The van der Waals surface area contributed by atoms with Gasteiger partial charge in [-0.2, -0.15) is 0 Å². The molecule has 4 nitrogen and oxygen atoms in total. The summed E-state index contributed by atoms with van der Waals surface area (Å²) in [6.45, 7) is 6.22. The lowest BCUT2D eigenvalue weighted by Crippen LogP contribution is -2.05. The number of ether oxygens (including phenoxy) is 1. The lowest BCUT2D eigenvalue weighted by Gasteiger charge is -2.05. The van der Waals surface area contributed by atoms with E-state index in [0.717, 1.165) is 44.9 Å². The molecule has 0 heterocycles. The average molecular weight is 316 g/mol. The molecule has 0 saturated carbocycles. The highest BCUT2D eigenvalue weighted by Crippen LogP contribution is 2.09. The van der Waals surface area contributed by atoms with Crippen LogP contribution in [0, 0.1) is 0 Å². The summed E-state index contributed by atoms with van der Waals surface area (Å²) in [6, 6.07) is 0. The number of carbonyl (C=O) groups excluding carboxylic acids is 1. The predicted molar refractivity (Wildman–Crippen MR) is 89.6 cm³/mol. The lowest BCUT2D eigenvalue weighted by molar-refractivity contribution is -0.295. The van der Waals surface area contributed by atoms with Crippen molar-refractivity contribution in [3.05, 3.63) is 0 Å². The number of esters is 1. The Kier molecular flexibility index (Phi) is 17.9. The minimum absolute atomic E-state index is 0.0336. The molecule has 0 aromatic carbocycles. The Balaban J connectivity index is 3.06. The third kappa shape index (κ3) is 17.4. The fourth-order valence-electron chi connectivity index (χ4n) is 2.04. The summed E-state index contributed by atoms with van der Waals surface area (Å²) in [5, 5.41) is 0. The van der Waals surface area contributed by atoms with E-state index in [4.69, 9.17) is 14.5 Å². The Morgan fingerprint density at radius 1 is 0.636 bits per heavy atom. The van der Waals surface area contributed by atoms with Gasteiger partial charge in [-0.25, -0.2) is 9.78 Å². The zero-order valence-corrected chi connectivity index (χ0v) is 14.7. The first kappa shape index (κ1) is 21.4. The van der Waals surface area contributed by atoms with Crippen molar-refractivity contribution in [3.8, 4) is 0 Å². The Bertz CT molecular complexity index is 231. The van der Waals surface area contributed by atoms with Gasteiger partial charge in [-0.15, -0.1) is 0 Å². The van der Waals surface area contributed by atoms with Crippen molar-refractivity contribution in [2.45, 2.75) is 90.9 Å². The largest absolute Gasteiger partial charge is 0.466 e. The monoisotopic (exact) mass is 316 g/mol. The van der Waals surface area contributed by atoms with Crippen LogP contribution in [0.25, 0.3) is 0 Å². The number of rotatable bonds is 17. The molecule has 0 fully saturated rings. The second kappa shape index (κ2) is 18.4. The van der Waals surface area contributed by atoms with Gasteiger partial charge in [0.2, 0.25) is 0 Å². The van der Waals surface area contributed by atoms with Gasteiger partial charge >= 0.3 is 5.97 Å². The van der Waals surface area contributed by atoms with E-state index >= 15 is 0 Å². The van der Waals surface area contributed by atoms with Crippen LogP contribution in [-0.4, -0.2) is 25.8 Å². The smallest absolute Gasteiger partial charge is 0.305 e. The molecule has 0 rings (SSSR count). The maximum Gasteiger partial charge on any atom is 0.305 e. The van der Waals surface area contributed by atoms with Crippen LogP contribution in [0.5, 0.6) is 0 Å². The van der Waals surface area contributed by atoms with Gasteiger partial charge in [-0.05, 0) is 25.7 Å². The molecule has 0 atom stereocenters. The van der Waals surface area contributed by atoms with Gasteiger partial charge < -0.3 is 4.74 Å². The van der Waals surface area contributed by atoms with Crippen molar-refractivity contribution < 1.29 is 19.3 Å². The molecule has 0 spiro atoms.